The van der Waals surface area contributed by atoms with Crippen molar-refractivity contribution in [1.82, 2.24) is 19.1 Å². The summed E-state index contributed by atoms with van der Waals surface area (Å²) in [5, 5.41) is 0. The number of imidazole rings is 2. The van der Waals surface area contributed by atoms with Crippen LogP contribution in [0.5, 0.6) is 0 Å². The maximum atomic E-state index is 5.89. The van der Waals surface area contributed by atoms with E-state index in [0.717, 1.165) is 16.6 Å². The quantitative estimate of drug-likeness (QED) is 0.426. The van der Waals surface area contributed by atoms with Crippen LogP contribution in [0.15, 0.2) is 49.1 Å². The van der Waals surface area contributed by atoms with E-state index in [9.17, 15) is 0 Å². The Morgan fingerprint density at radius 3 is 1.78 bits per heavy atom. The number of fused-ring (bicyclic) bond motifs is 2. The third-order valence-corrected chi connectivity index (χ3v) is 6.13. The summed E-state index contributed by atoms with van der Waals surface area (Å²) in [7, 11) is 0. The maximum Gasteiger partial charge on any atom is 0.0960 e. The molecule has 0 saturated heterocycles. The van der Waals surface area contributed by atoms with Crippen LogP contribution in [0.4, 0.5) is 0 Å². The van der Waals surface area contributed by atoms with E-state index in [2.05, 4.69) is 55.5 Å². The van der Waals surface area contributed by atoms with Crippen LogP contribution in [-0.2, 0) is 0 Å². The number of nitrogens with two attached hydrogens (primary N) is 2. The summed E-state index contributed by atoms with van der Waals surface area (Å²) >= 11 is 0. The lowest BCUT2D eigenvalue weighted by Crippen LogP contribution is -2.04. The van der Waals surface area contributed by atoms with Crippen LogP contribution in [0.2, 0.25) is 0 Å². The molecule has 170 valence electrons. The van der Waals surface area contributed by atoms with E-state index < -0.39 is 0 Å². The molecule has 2 aromatic carbocycles. The third-order valence-electron chi connectivity index (χ3n) is 6.13. The summed E-state index contributed by atoms with van der Waals surface area (Å²) in [4.78, 5) is 8.83. The van der Waals surface area contributed by atoms with Crippen LogP contribution < -0.4 is 11.5 Å². The molecule has 32 heavy (non-hydrogen) atoms. The van der Waals surface area contributed by atoms with Crippen LogP contribution in [0.25, 0.3) is 22.1 Å². The Balaban J connectivity index is 0.000000142. The second-order valence-corrected chi connectivity index (χ2v) is 8.84. The highest BCUT2D eigenvalue weighted by molar-refractivity contribution is 5.77. The lowest BCUT2D eigenvalue weighted by Gasteiger charge is -2.06. The van der Waals surface area contributed by atoms with Crippen LogP contribution in [0, 0.1) is 0 Å². The first-order valence-electron chi connectivity index (χ1n) is 12.0. The van der Waals surface area contributed by atoms with Gasteiger partial charge < -0.3 is 20.6 Å². The molecule has 6 heteroatoms. The van der Waals surface area contributed by atoms with E-state index in [0.29, 0.717) is 12.1 Å². The number of rotatable bonds is 4. The second-order valence-electron chi connectivity index (χ2n) is 8.84. The number of hydrogen-bond donors (Lipinski definition) is 2. The molecular formula is C26H36N6. The Morgan fingerprint density at radius 1 is 0.719 bits per heavy atom. The van der Waals surface area contributed by atoms with E-state index in [1.54, 1.807) is 0 Å². The van der Waals surface area contributed by atoms with E-state index in [-0.39, 0.29) is 12.1 Å². The lowest BCUT2D eigenvalue weighted by molar-refractivity contribution is 0.763. The van der Waals surface area contributed by atoms with Gasteiger partial charge in [-0.25, -0.2) is 9.97 Å². The first-order valence-corrected chi connectivity index (χ1v) is 12.0. The van der Waals surface area contributed by atoms with Gasteiger partial charge in [0, 0.05) is 24.2 Å². The van der Waals surface area contributed by atoms with Gasteiger partial charge in [-0.05, 0) is 74.9 Å². The van der Waals surface area contributed by atoms with Gasteiger partial charge >= 0.3 is 0 Å². The molecule has 2 aromatic heterocycles. The van der Waals surface area contributed by atoms with E-state index in [4.69, 9.17) is 11.5 Å². The molecule has 0 spiro atoms. The first-order chi connectivity index (χ1) is 15.5. The molecule has 0 radical (unpaired) electrons. The van der Waals surface area contributed by atoms with E-state index in [1.807, 2.05) is 40.3 Å². The molecule has 4 N–H and O–H groups in total. The zero-order valence-electron chi connectivity index (χ0n) is 19.7. The number of nitrogens with zero attached hydrogens (tertiary/aromatic N) is 4. The minimum Gasteiger partial charge on any atom is -0.327 e. The average molecular weight is 433 g/mol. The van der Waals surface area contributed by atoms with Crippen molar-refractivity contribution >= 4 is 22.1 Å². The minimum absolute atomic E-state index is 0.0838. The molecule has 2 aliphatic carbocycles. The highest BCUT2D eigenvalue weighted by Crippen LogP contribution is 2.38. The van der Waals surface area contributed by atoms with Crippen molar-refractivity contribution in [3.8, 4) is 0 Å². The minimum atomic E-state index is 0.0838. The van der Waals surface area contributed by atoms with Gasteiger partial charge in [-0.15, -0.1) is 0 Å². The Labute approximate surface area is 190 Å². The van der Waals surface area contributed by atoms with Crippen LogP contribution >= 0.6 is 0 Å². The molecule has 0 aliphatic heterocycles. The number of aromatic nitrogens is 4. The molecule has 6 nitrogen and oxygen atoms in total. The van der Waals surface area contributed by atoms with Gasteiger partial charge in [0.25, 0.3) is 0 Å². The second kappa shape index (κ2) is 9.43. The van der Waals surface area contributed by atoms with Gasteiger partial charge in [-0.2, -0.15) is 0 Å². The van der Waals surface area contributed by atoms with Crippen molar-refractivity contribution < 1.29 is 0 Å². The molecule has 2 aliphatic rings. The average Bonchev–Trinajstić information content (AvgIpc) is 3.75. The van der Waals surface area contributed by atoms with Crippen molar-refractivity contribution in [3.05, 3.63) is 60.2 Å². The molecule has 2 unspecified atom stereocenters. The van der Waals surface area contributed by atoms with Crippen LogP contribution in [-0.4, -0.2) is 19.1 Å². The Bertz CT molecular complexity index is 1180. The van der Waals surface area contributed by atoms with Crippen LogP contribution in [0.1, 0.15) is 88.7 Å². The van der Waals surface area contributed by atoms with Crippen molar-refractivity contribution in [2.45, 2.75) is 77.5 Å². The highest BCUT2D eigenvalue weighted by atomic mass is 15.1. The molecule has 4 aromatic rings. The summed E-state index contributed by atoms with van der Waals surface area (Å²) in [5.74, 6) is 0. The molecule has 0 amide bonds. The molecule has 6 rings (SSSR count). The summed E-state index contributed by atoms with van der Waals surface area (Å²) in [6.45, 7) is 8.01. The van der Waals surface area contributed by atoms with Gasteiger partial charge in [0.05, 0.1) is 34.7 Å². The summed E-state index contributed by atoms with van der Waals surface area (Å²) in [6, 6.07) is 14.2. The summed E-state index contributed by atoms with van der Waals surface area (Å²) in [6.07, 6.45) is 9.06. The largest absolute Gasteiger partial charge is 0.327 e. The predicted octanol–water partition coefficient (Wildman–Crippen LogP) is 5.81. The molecule has 2 heterocycles. The number of benzene rings is 2. The smallest absolute Gasteiger partial charge is 0.0960 e. The topological polar surface area (TPSA) is 87.7 Å². The maximum absolute atomic E-state index is 5.89. The molecule has 2 atom stereocenters. The summed E-state index contributed by atoms with van der Waals surface area (Å²) in [5.41, 5.74) is 18.7. The van der Waals surface area contributed by atoms with Crippen molar-refractivity contribution in [2.75, 3.05) is 0 Å². The first kappa shape index (κ1) is 22.5. The van der Waals surface area contributed by atoms with Gasteiger partial charge in [-0.1, -0.05) is 26.0 Å². The van der Waals surface area contributed by atoms with Crippen molar-refractivity contribution in [1.29, 1.82) is 0 Å². The molecule has 0 bridgehead atoms. The van der Waals surface area contributed by atoms with Gasteiger partial charge in [0.2, 0.25) is 0 Å². The van der Waals surface area contributed by atoms with E-state index in [1.165, 1.54) is 42.3 Å². The zero-order valence-corrected chi connectivity index (χ0v) is 19.7. The lowest BCUT2D eigenvalue weighted by atomic mass is 10.1. The fraction of sp³-hybridized carbons (Fsp3) is 0.462. The zero-order chi connectivity index (χ0) is 22.8. The third kappa shape index (κ3) is 4.71. The fourth-order valence-corrected chi connectivity index (χ4v) is 3.95. The van der Waals surface area contributed by atoms with E-state index >= 15 is 0 Å². The van der Waals surface area contributed by atoms with Crippen LogP contribution in [0.3, 0.4) is 0 Å². The normalized spacial score (nSPS) is 17.3. The number of hydrogen-bond acceptors (Lipinski definition) is 4. The van der Waals surface area contributed by atoms with Gasteiger partial charge in [0.15, 0.2) is 0 Å². The molecule has 2 fully saturated rings. The molecule has 2 saturated carbocycles. The van der Waals surface area contributed by atoms with Crippen molar-refractivity contribution in [3.63, 3.8) is 0 Å². The standard InChI is InChI=1S/2C12H15N3.C2H6/c1-8(13)9-2-5-12-11(6-9)14-7-15(12)10-3-4-10;1-8(13)9-2-5-11-12(6-9)15(7-14-11)10-3-4-10;1-2/h2*2,5-8,10H,3-4,13H2,1H3;1-2H3. The Hall–Kier alpha value is -2.70. The Morgan fingerprint density at radius 2 is 1.22 bits per heavy atom. The SMILES string of the molecule is CC.CC(N)c1ccc2c(c1)ncn2C1CC1.CC(N)c1ccc2ncn(C3CC3)c2c1. The highest BCUT2D eigenvalue weighted by Gasteiger charge is 2.25. The molecular weight excluding hydrogens is 396 g/mol. The van der Waals surface area contributed by atoms with Crippen molar-refractivity contribution in [2.24, 2.45) is 11.5 Å². The summed E-state index contributed by atoms with van der Waals surface area (Å²) < 4.78 is 4.56. The fourth-order valence-electron chi connectivity index (χ4n) is 3.95. The monoisotopic (exact) mass is 432 g/mol. The predicted molar refractivity (Wildman–Crippen MR) is 133 cm³/mol. The Kier molecular flexibility index (Phi) is 6.63. The van der Waals surface area contributed by atoms with Gasteiger partial charge in [-0.3, -0.25) is 0 Å². The van der Waals surface area contributed by atoms with Gasteiger partial charge in [0.1, 0.15) is 0 Å².